The smallest absolute Gasteiger partial charge is 0.0394 e. The van der Waals surface area contributed by atoms with Crippen LogP contribution in [0.4, 0.5) is 0 Å². The van der Waals surface area contributed by atoms with Crippen molar-refractivity contribution in [3.63, 3.8) is 0 Å². The fourth-order valence-corrected chi connectivity index (χ4v) is 2.45. The number of benzene rings is 1. The molecule has 1 aromatic rings. The van der Waals surface area contributed by atoms with Crippen LogP contribution in [0.1, 0.15) is 11.6 Å². The Morgan fingerprint density at radius 2 is 1.87 bits per heavy atom. The number of hydrogen-bond acceptors (Lipinski definition) is 2. The Balaban J connectivity index is 2.19. The molecule has 3 heteroatoms. The summed E-state index contributed by atoms with van der Waals surface area (Å²) in [6.45, 7) is 2.28. The molecule has 1 atom stereocenters. The monoisotopic (exact) mass is 268 g/mol. The number of nitrogens with one attached hydrogen (secondary N) is 1. The molecular formula is C12H17BrN2. The number of rotatable bonds is 3. The van der Waals surface area contributed by atoms with E-state index in [1.807, 2.05) is 0 Å². The molecule has 0 amide bonds. The first-order valence-electron chi connectivity index (χ1n) is 5.31. The van der Waals surface area contributed by atoms with Gasteiger partial charge in [-0.3, -0.25) is 0 Å². The van der Waals surface area contributed by atoms with Gasteiger partial charge in [-0.15, -0.1) is 0 Å². The summed E-state index contributed by atoms with van der Waals surface area (Å²) < 4.78 is 1.15. The lowest BCUT2D eigenvalue weighted by Gasteiger charge is -2.38. The standard InChI is InChI=1S/C12H17BrN2/c1-15(2)12(10-7-14-8-10)9-3-5-11(13)6-4-9/h3-6,10,12,14H,7-8H2,1-2H3. The summed E-state index contributed by atoms with van der Waals surface area (Å²) >= 11 is 3.47. The summed E-state index contributed by atoms with van der Waals surface area (Å²) in [7, 11) is 4.32. The molecule has 0 bridgehead atoms. The second-order valence-electron chi connectivity index (χ2n) is 4.38. The van der Waals surface area contributed by atoms with Crippen LogP contribution in [-0.2, 0) is 0 Å². The molecule has 1 unspecified atom stereocenters. The molecule has 1 saturated heterocycles. The summed E-state index contributed by atoms with van der Waals surface area (Å²) in [6, 6.07) is 9.22. The van der Waals surface area contributed by atoms with Gasteiger partial charge in [-0.25, -0.2) is 0 Å². The highest BCUT2D eigenvalue weighted by Gasteiger charge is 2.29. The third-order valence-corrected chi connectivity index (χ3v) is 3.56. The Hall–Kier alpha value is -0.380. The zero-order valence-corrected chi connectivity index (χ0v) is 10.8. The van der Waals surface area contributed by atoms with Crippen LogP contribution < -0.4 is 5.32 Å². The molecule has 1 fully saturated rings. The van der Waals surface area contributed by atoms with Gasteiger partial charge < -0.3 is 10.2 Å². The van der Waals surface area contributed by atoms with Crippen LogP contribution in [0.25, 0.3) is 0 Å². The summed E-state index contributed by atoms with van der Waals surface area (Å²) in [4.78, 5) is 2.31. The zero-order valence-electron chi connectivity index (χ0n) is 9.20. The first kappa shape index (κ1) is 11.1. The molecular weight excluding hydrogens is 252 g/mol. The maximum Gasteiger partial charge on any atom is 0.0394 e. The molecule has 0 aromatic heterocycles. The molecule has 1 aliphatic heterocycles. The number of hydrogen-bond donors (Lipinski definition) is 1. The molecule has 0 spiro atoms. The van der Waals surface area contributed by atoms with Crippen LogP contribution in [0.15, 0.2) is 28.7 Å². The van der Waals surface area contributed by atoms with E-state index >= 15 is 0 Å². The van der Waals surface area contributed by atoms with Gasteiger partial charge >= 0.3 is 0 Å². The van der Waals surface area contributed by atoms with E-state index in [0.717, 1.165) is 23.5 Å². The van der Waals surface area contributed by atoms with Crippen molar-refractivity contribution in [1.29, 1.82) is 0 Å². The number of nitrogens with zero attached hydrogens (tertiary/aromatic N) is 1. The minimum Gasteiger partial charge on any atom is -0.316 e. The Morgan fingerprint density at radius 3 is 2.27 bits per heavy atom. The molecule has 15 heavy (non-hydrogen) atoms. The normalized spacial score (nSPS) is 18.9. The van der Waals surface area contributed by atoms with Crippen molar-refractivity contribution >= 4 is 15.9 Å². The van der Waals surface area contributed by atoms with Gasteiger partial charge in [0.25, 0.3) is 0 Å². The first-order valence-corrected chi connectivity index (χ1v) is 6.10. The lowest BCUT2D eigenvalue weighted by atomic mass is 9.88. The topological polar surface area (TPSA) is 15.3 Å². The Morgan fingerprint density at radius 1 is 1.27 bits per heavy atom. The van der Waals surface area contributed by atoms with Crippen molar-refractivity contribution in [3.05, 3.63) is 34.3 Å². The Labute approximate surface area is 99.8 Å². The van der Waals surface area contributed by atoms with Gasteiger partial charge in [0, 0.05) is 29.5 Å². The van der Waals surface area contributed by atoms with Crippen LogP contribution in [0.2, 0.25) is 0 Å². The van der Waals surface area contributed by atoms with Gasteiger partial charge in [-0.1, -0.05) is 28.1 Å². The van der Waals surface area contributed by atoms with Crippen molar-refractivity contribution in [1.82, 2.24) is 10.2 Å². The average Bonchev–Trinajstić information content (AvgIpc) is 2.12. The predicted molar refractivity (Wildman–Crippen MR) is 66.9 cm³/mol. The van der Waals surface area contributed by atoms with E-state index in [9.17, 15) is 0 Å². The first-order chi connectivity index (χ1) is 7.18. The van der Waals surface area contributed by atoms with Crippen molar-refractivity contribution in [2.75, 3.05) is 27.2 Å². The highest BCUT2D eigenvalue weighted by atomic mass is 79.9. The summed E-state index contributed by atoms with van der Waals surface area (Å²) in [6.07, 6.45) is 0. The zero-order chi connectivity index (χ0) is 10.8. The fourth-order valence-electron chi connectivity index (χ4n) is 2.19. The highest BCUT2D eigenvalue weighted by Crippen LogP contribution is 2.30. The molecule has 0 radical (unpaired) electrons. The molecule has 2 rings (SSSR count). The molecule has 1 aromatic carbocycles. The van der Waals surface area contributed by atoms with Gasteiger partial charge in [0.15, 0.2) is 0 Å². The molecule has 0 saturated carbocycles. The van der Waals surface area contributed by atoms with Crippen LogP contribution in [0.3, 0.4) is 0 Å². The third-order valence-electron chi connectivity index (χ3n) is 3.03. The third kappa shape index (κ3) is 2.41. The van der Waals surface area contributed by atoms with E-state index in [4.69, 9.17) is 0 Å². The van der Waals surface area contributed by atoms with Crippen molar-refractivity contribution in [2.24, 2.45) is 5.92 Å². The summed E-state index contributed by atoms with van der Waals surface area (Å²) in [5, 5.41) is 3.34. The van der Waals surface area contributed by atoms with E-state index in [0.29, 0.717) is 6.04 Å². The maximum atomic E-state index is 3.47. The molecule has 0 aliphatic carbocycles. The fraction of sp³-hybridized carbons (Fsp3) is 0.500. The predicted octanol–water partition coefficient (Wildman–Crippen LogP) is 2.27. The lowest BCUT2D eigenvalue weighted by Crippen LogP contribution is -2.48. The minimum atomic E-state index is 0.541. The quantitative estimate of drug-likeness (QED) is 0.905. The van der Waals surface area contributed by atoms with Crippen LogP contribution in [-0.4, -0.2) is 32.1 Å². The van der Waals surface area contributed by atoms with Crippen molar-refractivity contribution in [3.8, 4) is 0 Å². The van der Waals surface area contributed by atoms with E-state index in [2.05, 4.69) is 64.5 Å². The van der Waals surface area contributed by atoms with Crippen LogP contribution in [0.5, 0.6) is 0 Å². The molecule has 1 heterocycles. The summed E-state index contributed by atoms with van der Waals surface area (Å²) in [5.74, 6) is 0.751. The van der Waals surface area contributed by atoms with Crippen molar-refractivity contribution in [2.45, 2.75) is 6.04 Å². The van der Waals surface area contributed by atoms with Gasteiger partial charge in [0.1, 0.15) is 0 Å². The van der Waals surface area contributed by atoms with E-state index < -0.39 is 0 Å². The van der Waals surface area contributed by atoms with E-state index in [-0.39, 0.29) is 0 Å². The average molecular weight is 269 g/mol. The summed E-state index contributed by atoms with van der Waals surface area (Å²) in [5.41, 5.74) is 1.41. The van der Waals surface area contributed by atoms with Crippen LogP contribution in [0, 0.1) is 5.92 Å². The van der Waals surface area contributed by atoms with Gasteiger partial charge in [0.05, 0.1) is 0 Å². The molecule has 1 N–H and O–H groups in total. The molecule has 1 aliphatic rings. The van der Waals surface area contributed by atoms with Crippen LogP contribution >= 0.6 is 15.9 Å². The molecule has 2 nitrogen and oxygen atoms in total. The Bertz CT molecular complexity index is 317. The second kappa shape index (κ2) is 4.64. The second-order valence-corrected chi connectivity index (χ2v) is 5.29. The van der Waals surface area contributed by atoms with Crippen molar-refractivity contribution < 1.29 is 0 Å². The SMILES string of the molecule is CN(C)C(c1ccc(Br)cc1)C1CNC1. The largest absolute Gasteiger partial charge is 0.316 e. The van der Waals surface area contributed by atoms with Gasteiger partial charge in [0.2, 0.25) is 0 Å². The van der Waals surface area contributed by atoms with E-state index in [1.54, 1.807) is 0 Å². The minimum absolute atomic E-state index is 0.541. The van der Waals surface area contributed by atoms with Gasteiger partial charge in [-0.05, 0) is 31.8 Å². The number of halogens is 1. The maximum absolute atomic E-state index is 3.47. The van der Waals surface area contributed by atoms with E-state index in [1.165, 1.54) is 5.56 Å². The lowest BCUT2D eigenvalue weighted by molar-refractivity contribution is 0.161. The van der Waals surface area contributed by atoms with Gasteiger partial charge in [-0.2, -0.15) is 0 Å². The molecule has 82 valence electrons. The highest BCUT2D eigenvalue weighted by molar-refractivity contribution is 9.10. The Kier molecular flexibility index (Phi) is 3.44.